The van der Waals surface area contributed by atoms with Gasteiger partial charge in [-0.25, -0.2) is 9.78 Å². The number of aromatic nitrogens is 3. The number of benzene rings is 1. The molecule has 0 aliphatic heterocycles. The molecule has 3 amide bonds. The molecule has 3 rings (SSSR count). The predicted molar refractivity (Wildman–Crippen MR) is 151 cm³/mol. The van der Waals surface area contributed by atoms with Crippen LogP contribution in [0.25, 0.3) is 10.9 Å². The van der Waals surface area contributed by atoms with Gasteiger partial charge < -0.3 is 41.9 Å². The molecular weight excluding hydrogens is 554 g/mol. The summed E-state index contributed by atoms with van der Waals surface area (Å²) in [5.41, 5.74) is 7.78. The second-order valence-corrected chi connectivity index (χ2v) is 10.3. The Labute approximate surface area is 239 Å². The fourth-order valence-electron chi connectivity index (χ4n) is 4.13. The maximum Gasteiger partial charge on any atom is 0.326 e. The number of imidazole rings is 1. The lowest BCUT2D eigenvalue weighted by molar-refractivity contribution is -0.143. The normalized spacial score (nSPS) is 14.0. The van der Waals surface area contributed by atoms with E-state index >= 15 is 0 Å². The van der Waals surface area contributed by atoms with Gasteiger partial charge in [0.05, 0.1) is 18.8 Å². The van der Waals surface area contributed by atoms with Gasteiger partial charge >= 0.3 is 11.9 Å². The van der Waals surface area contributed by atoms with Crippen LogP contribution in [0.2, 0.25) is 0 Å². The minimum atomic E-state index is -1.53. The number of para-hydroxylation sites is 1. The number of hydrogen-bond donors (Lipinski definition) is 8. The number of nitrogens with two attached hydrogens (primary N) is 1. The van der Waals surface area contributed by atoms with Gasteiger partial charge in [-0.1, -0.05) is 18.2 Å². The standard InChI is InChI=1S/C26H33N7O7S/c1-41-7-6-17(27)23(36)31-20(10-22(34)35)25(38)32-19(8-14-11-29-18-5-3-2-4-16(14)18)24(37)33-21(26(39)40)9-15-12-28-13-30-15/h2-5,11-13,17,19-21,29H,6-10,27H2,1H3,(H,28,30)(H,31,36)(H,32,38)(H,33,37)(H,34,35)(H,39,40). The van der Waals surface area contributed by atoms with Gasteiger partial charge in [0.15, 0.2) is 0 Å². The molecule has 1 aromatic carbocycles. The molecule has 3 aromatic rings. The molecule has 0 fully saturated rings. The van der Waals surface area contributed by atoms with Gasteiger partial charge in [-0.3, -0.25) is 19.2 Å². The first-order valence-electron chi connectivity index (χ1n) is 12.7. The van der Waals surface area contributed by atoms with Crippen molar-refractivity contribution in [3.63, 3.8) is 0 Å². The van der Waals surface area contributed by atoms with Gasteiger partial charge in [0, 0.05) is 41.8 Å². The lowest BCUT2D eigenvalue weighted by Crippen LogP contribution is -2.58. The molecule has 2 heterocycles. The summed E-state index contributed by atoms with van der Waals surface area (Å²) >= 11 is 1.48. The third-order valence-electron chi connectivity index (χ3n) is 6.31. The van der Waals surface area contributed by atoms with Crippen LogP contribution >= 0.6 is 11.8 Å². The van der Waals surface area contributed by atoms with Gasteiger partial charge in [-0.2, -0.15) is 11.8 Å². The van der Waals surface area contributed by atoms with E-state index in [-0.39, 0.29) is 12.8 Å². The Hall–Kier alpha value is -4.37. The van der Waals surface area contributed by atoms with Crippen molar-refractivity contribution in [2.75, 3.05) is 12.0 Å². The van der Waals surface area contributed by atoms with E-state index in [1.54, 1.807) is 12.3 Å². The molecular formula is C26H33N7O7S. The van der Waals surface area contributed by atoms with Crippen molar-refractivity contribution in [2.45, 2.75) is 49.9 Å². The van der Waals surface area contributed by atoms with E-state index in [1.807, 2.05) is 24.5 Å². The number of hydrogen-bond acceptors (Lipinski definition) is 8. The molecule has 2 aromatic heterocycles. The third kappa shape index (κ3) is 9.08. The van der Waals surface area contributed by atoms with Crippen LogP contribution < -0.4 is 21.7 Å². The Balaban J connectivity index is 1.84. The van der Waals surface area contributed by atoms with E-state index in [1.165, 1.54) is 24.3 Å². The summed E-state index contributed by atoms with van der Waals surface area (Å²) in [5.74, 6) is -4.53. The van der Waals surface area contributed by atoms with Crippen molar-refractivity contribution >= 4 is 52.3 Å². The van der Waals surface area contributed by atoms with Gasteiger partial charge in [0.25, 0.3) is 0 Å². The van der Waals surface area contributed by atoms with Crippen LogP contribution in [-0.2, 0) is 36.8 Å². The molecule has 0 radical (unpaired) electrons. The Kier molecular flexibility index (Phi) is 11.3. The number of nitrogens with zero attached hydrogens (tertiary/aromatic N) is 1. The van der Waals surface area contributed by atoms with Crippen LogP contribution in [0, 0.1) is 0 Å². The molecule has 0 aliphatic carbocycles. The minimum Gasteiger partial charge on any atom is -0.481 e. The van der Waals surface area contributed by atoms with E-state index in [4.69, 9.17) is 5.73 Å². The zero-order chi connectivity index (χ0) is 29.9. The van der Waals surface area contributed by atoms with E-state index < -0.39 is 60.2 Å². The molecule has 4 atom stereocenters. The number of aliphatic carboxylic acids is 2. The van der Waals surface area contributed by atoms with Crippen molar-refractivity contribution in [3.8, 4) is 0 Å². The number of rotatable bonds is 16. The van der Waals surface area contributed by atoms with Crippen LogP contribution in [0.3, 0.4) is 0 Å². The smallest absolute Gasteiger partial charge is 0.326 e. The van der Waals surface area contributed by atoms with Crippen LogP contribution in [0.5, 0.6) is 0 Å². The van der Waals surface area contributed by atoms with Gasteiger partial charge in [0.2, 0.25) is 17.7 Å². The highest BCUT2D eigenvalue weighted by molar-refractivity contribution is 7.98. The summed E-state index contributed by atoms with van der Waals surface area (Å²) in [6.45, 7) is 0. The average Bonchev–Trinajstić information content (AvgIpc) is 3.60. The Morgan fingerprint density at radius 3 is 2.29 bits per heavy atom. The molecule has 15 heteroatoms. The molecule has 0 spiro atoms. The summed E-state index contributed by atoms with van der Waals surface area (Å²) in [6, 6.07) is 2.12. The van der Waals surface area contributed by atoms with Gasteiger partial charge in [-0.15, -0.1) is 0 Å². The SMILES string of the molecule is CSCCC(N)C(=O)NC(CC(=O)O)C(=O)NC(Cc1c[nH]c2ccccc12)C(=O)NC(Cc1cnc[nH]1)C(=O)O. The third-order valence-corrected chi connectivity index (χ3v) is 6.95. The Morgan fingerprint density at radius 2 is 1.63 bits per heavy atom. The Bertz CT molecular complexity index is 1360. The van der Waals surface area contributed by atoms with E-state index in [0.29, 0.717) is 23.4 Å². The number of amides is 3. The second kappa shape index (κ2) is 14.9. The fraction of sp³-hybridized carbons (Fsp3) is 0.385. The van der Waals surface area contributed by atoms with Crippen molar-refractivity contribution in [1.29, 1.82) is 0 Å². The summed E-state index contributed by atoms with van der Waals surface area (Å²) < 4.78 is 0. The molecule has 41 heavy (non-hydrogen) atoms. The van der Waals surface area contributed by atoms with Crippen molar-refractivity contribution in [1.82, 2.24) is 30.9 Å². The second-order valence-electron chi connectivity index (χ2n) is 9.35. The minimum absolute atomic E-state index is 0.0566. The highest BCUT2D eigenvalue weighted by atomic mass is 32.2. The van der Waals surface area contributed by atoms with Crippen LogP contribution in [-0.4, -0.2) is 91.0 Å². The van der Waals surface area contributed by atoms with E-state index in [9.17, 15) is 34.2 Å². The molecule has 0 aliphatic rings. The number of nitrogens with one attached hydrogen (secondary N) is 5. The molecule has 9 N–H and O–H groups in total. The number of carbonyl (C=O) groups excluding carboxylic acids is 3. The maximum atomic E-state index is 13.4. The van der Waals surface area contributed by atoms with Crippen LogP contribution in [0.4, 0.5) is 0 Å². The number of carbonyl (C=O) groups is 5. The fourth-order valence-corrected chi connectivity index (χ4v) is 4.62. The first-order chi connectivity index (χ1) is 19.6. The first kappa shape index (κ1) is 31.2. The number of carboxylic acids is 2. The van der Waals surface area contributed by atoms with Crippen LogP contribution in [0.15, 0.2) is 43.0 Å². The molecule has 220 valence electrons. The molecule has 4 unspecified atom stereocenters. The topological polar surface area (TPSA) is 232 Å². The maximum absolute atomic E-state index is 13.4. The highest BCUT2D eigenvalue weighted by Gasteiger charge is 2.32. The van der Waals surface area contributed by atoms with Crippen molar-refractivity contribution < 1.29 is 34.2 Å². The number of H-pyrrole nitrogens is 2. The van der Waals surface area contributed by atoms with Gasteiger partial charge in [0.1, 0.15) is 18.1 Å². The van der Waals surface area contributed by atoms with E-state index in [2.05, 4.69) is 30.9 Å². The summed E-state index contributed by atoms with van der Waals surface area (Å²) in [7, 11) is 0. The molecule has 14 nitrogen and oxygen atoms in total. The van der Waals surface area contributed by atoms with E-state index in [0.717, 1.165) is 10.9 Å². The molecule has 0 saturated carbocycles. The van der Waals surface area contributed by atoms with Crippen molar-refractivity contribution in [3.05, 3.63) is 54.2 Å². The molecule has 0 bridgehead atoms. The lowest BCUT2D eigenvalue weighted by Gasteiger charge is -2.24. The molecule has 0 saturated heterocycles. The lowest BCUT2D eigenvalue weighted by atomic mass is 10.0. The zero-order valence-corrected chi connectivity index (χ0v) is 23.1. The number of fused-ring (bicyclic) bond motifs is 1. The zero-order valence-electron chi connectivity index (χ0n) is 22.3. The van der Waals surface area contributed by atoms with Gasteiger partial charge in [-0.05, 0) is 30.1 Å². The highest BCUT2D eigenvalue weighted by Crippen LogP contribution is 2.19. The van der Waals surface area contributed by atoms with Crippen LogP contribution in [0.1, 0.15) is 24.1 Å². The monoisotopic (exact) mass is 587 g/mol. The first-order valence-corrected chi connectivity index (χ1v) is 14.1. The number of carboxylic acid groups (broad SMARTS) is 2. The summed E-state index contributed by atoms with van der Waals surface area (Å²) in [4.78, 5) is 72.4. The summed E-state index contributed by atoms with van der Waals surface area (Å²) in [6.07, 6.45) is 5.71. The predicted octanol–water partition coefficient (Wildman–Crippen LogP) is -0.230. The summed E-state index contributed by atoms with van der Waals surface area (Å²) in [5, 5.41) is 27.2. The largest absolute Gasteiger partial charge is 0.481 e. The quantitative estimate of drug-likeness (QED) is 0.110. The average molecular weight is 588 g/mol. The number of aromatic amines is 2. The number of thioether (sulfide) groups is 1. The Morgan fingerprint density at radius 1 is 0.951 bits per heavy atom. The van der Waals surface area contributed by atoms with Crippen molar-refractivity contribution in [2.24, 2.45) is 5.73 Å².